The molecule has 1 saturated carbocycles. The first-order valence-corrected chi connectivity index (χ1v) is 12.0. The van der Waals surface area contributed by atoms with Crippen molar-refractivity contribution in [2.75, 3.05) is 11.1 Å². The molecule has 0 radical (unpaired) electrons. The summed E-state index contributed by atoms with van der Waals surface area (Å²) in [6, 6.07) is 18.8. The molecule has 5 rings (SSSR count). The van der Waals surface area contributed by atoms with E-state index in [1.54, 1.807) is 30.5 Å². The van der Waals surface area contributed by atoms with Crippen LogP contribution >= 0.6 is 11.8 Å². The monoisotopic (exact) mass is 473 g/mol. The molecule has 0 saturated heterocycles. The highest BCUT2D eigenvalue weighted by Gasteiger charge is 2.24. The molecule has 0 unspecified atom stereocenters. The molecular formula is C25H23N5O3S. The van der Waals surface area contributed by atoms with Crippen molar-refractivity contribution in [1.29, 1.82) is 0 Å². The zero-order valence-corrected chi connectivity index (χ0v) is 19.3. The largest absolute Gasteiger partial charge is 0.469 e. The summed E-state index contributed by atoms with van der Waals surface area (Å²) in [7, 11) is 0. The van der Waals surface area contributed by atoms with Gasteiger partial charge in [-0.2, -0.15) is 0 Å². The van der Waals surface area contributed by atoms with E-state index in [4.69, 9.17) is 4.42 Å². The molecular weight excluding hydrogens is 450 g/mol. The lowest BCUT2D eigenvalue weighted by molar-refractivity contribution is -0.113. The van der Waals surface area contributed by atoms with E-state index in [2.05, 4.69) is 20.8 Å². The molecule has 2 amide bonds. The Labute approximate surface area is 200 Å². The number of benzene rings is 2. The number of nitrogens with zero attached hydrogens (tertiary/aromatic N) is 3. The van der Waals surface area contributed by atoms with Crippen LogP contribution in [0, 0.1) is 6.92 Å². The number of aryl methyl sites for hydroxylation is 1. The molecule has 0 spiro atoms. The van der Waals surface area contributed by atoms with Crippen LogP contribution in [0.4, 0.5) is 5.69 Å². The van der Waals surface area contributed by atoms with Gasteiger partial charge >= 0.3 is 0 Å². The second-order valence-electron chi connectivity index (χ2n) is 8.03. The van der Waals surface area contributed by atoms with Gasteiger partial charge in [-0.15, -0.1) is 10.2 Å². The Morgan fingerprint density at radius 1 is 1.09 bits per heavy atom. The third-order valence-corrected chi connectivity index (χ3v) is 6.33. The van der Waals surface area contributed by atoms with Gasteiger partial charge in [-0.3, -0.25) is 14.2 Å². The Hall–Kier alpha value is -3.85. The van der Waals surface area contributed by atoms with Crippen molar-refractivity contribution in [3.63, 3.8) is 0 Å². The predicted molar refractivity (Wildman–Crippen MR) is 130 cm³/mol. The summed E-state index contributed by atoms with van der Waals surface area (Å²) in [6.45, 7) is 1.87. The molecule has 34 heavy (non-hydrogen) atoms. The number of carbonyl (C=O) groups is 2. The maximum Gasteiger partial charge on any atom is 0.251 e. The van der Waals surface area contributed by atoms with E-state index >= 15 is 0 Å². The lowest BCUT2D eigenvalue weighted by Crippen LogP contribution is -2.25. The van der Waals surface area contributed by atoms with Crippen LogP contribution in [0.5, 0.6) is 0 Å². The molecule has 9 heteroatoms. The van der Waals surface area contributed by atoms with E-state index in [9.17, 15) is 9.59 Å². The number of rotatable bonds is 8. The third kappa shape index (κ3) is 4.89. The molecule has 2 aromatic carbocycles. The number of furan rings is 1. The number of para-hydroxylation sites is 1. The lowest BCUT2D eigenvalue weighted by atomic mass is 10.2. The summed E-state index contributed by atoms with van der Waals surface area (Å²) in [4.78, 5) is 25.0. The minimum atomic E-state index is -0.201. The quantitative estimate of drug-likeness (QED) is 0.367. The van der Waals surface area contributed by atoms with Crippen LogP contribution in [0.1, 0.15) is 29.0 Å². The Bertz CT molecular complexity index is 1330. The summed E-state index contributed by atoms with van der Waals surface area (Å²) in [5.41, 5.74) is 2.84. The number of thioether (sulfide) groups is 1. The number of nitrogens with one attached hydrogen (secondary N) is 2. The van der Waals surface area contributed by atoms with E-state index in [0.29, 0.717) is 22.2 Å². The fraction of sp³-hybridized carbons (Fsp3) is 0.200. The van der Waals surface area contributed by atoms with E-state index in [0.717, 1.165) is 29.9 Å². The fourth-order valence-electron chi connectivity index (χ4n) is 3.53. The van der Waals surface area contributed by atoms with Gasteiger partial charge in [0.15, 0.2) is 11.0 Å². The summed E-state index contributed by atoms with van der Waals surface area (Å²) in [5, 5.41) is 15.1. The summed E-state index contributed by atoms with van der Waals surface area (Å²) >= 11 is 1.29. The molecule has 2 heterocycles. The summed E-state index contributed by atoms with van der Waals surface area (Å²) < 4.78 is 7.37. The van der Waals surface area contributed by atoms with Crippen LogP contribution in [-0.4, -0.2) is 38.4 Å². The highest BCUT2D eigenvalue weighted by atomic mass is 32.2. The van der Waals surface area contributed by atoms with E-state index < -0.39 is 0 Å². The minimum Gasteiger partial charge on any atom is -0.469 e. The van der Waals surface area contributed by atoms with Crippen molar-refractivity contribution in [2.24, 2.45) is 0 Å². The van der Waals surface area contributed by atoms with Crippen LogP contribution in [0.3, 0.4) is 0 Å². The van der Waals surface area contributed by atoms with Crippen LogP contribution in [0.25, 0.3) is 17.1 Å². The smallest absolute Gasteiger partial charge is 0.251 e. The molecule has 2 aromatic heterocycles. The molecule has 1 aliphatic rings. The molecule has 172 valence electrons. The maximum atomic E-state index is 12.7. The van der Waals surface area contributed by atoms with Gasteiger partial charge in [0, 0.05) is 23.0 Å². The molecule has 0 atom stereocenters. The minimum absolute atomic E-state index is 0.119. The maximum absolute atomic E-state index is 12.7. The highest BCUT2D eigenvalue weighted by Crippen LogP contribution is 2.30. The predicted octanol–water partition coefficient (Wildman–Crippen LogP) is 4.46. The first-order chi connectivity index (χ1) is 16.6. The second kappa shape index (κ2) is 9.56. The van der Waals surface area contributed by atoms with Crippen LogP contribution in [0.15, 0.2) is 76.5 Å². The van der Waals surface area contributed by atoms with Crippen molar-refractivity contribution in [1.82, 2.24) is 20.1 Å². The van der Waals surface area contributed by atoms with E-state index in [1.165, 1.54) is 11.8 Å². The van der Waals surface area contributed by atoms with Crippen molar-refractivity contribution in [3.8, 4) is 17.1 Å². The summed E-state index contributed by atoms with van der Waals surface area (Å²) in [6.07, 6.45) is 3.66. The van der Waals surface area contributed by atoms with Gasteiger partial charge < -0.3 is 15.1 Å². The third-order valence-electron chi connectivity index (χ3n) is 5.40. The van der Waals surface area contributed by atoms with E-state index in [1.807, 2.05) is 47.9 Å². The lowest BCUT2D eigenvalue weighted by Gasteiger charge is -2.10. The van der Waals surface area contributed by atoms with Crippen molar-refractivity contribution >= 4 is 29.3 Å². The molecule has 1 aliphatic carbocycles. The molecule has 0 bridgehead atoms. The van der Waals surface area contributed by atoms with Crippen LogP contribution in [0.2, 0.25) is 0 Å². The Morgan fingerprint density at radius 3 is 2.65 bits per heavy atom. The molecule has 4 aromatic rings. The fourth-order valence-corrected chi connectivity index (χ4v) is 4.28. The van der Waals surface area contributed by atoms with E-state index in [-0.39, 0.29) is 23.6 Å². The number of carbonyl (C=O) groups excluding carboxylic acids is 2. The van der Waals surface area contributed by atoms with Gasteiger partial charge in [0.1, 0.15) is 5.76 Å². The molecule has 8 nitrogen and oxygen atoms in total. The SMILES string of the molecule is Cc1occc1-c1nnc(SCC(=O)Nc2cccc(C(=O)NC3CC3)c2)n1-c1ccccc1. The van der Waals surface area contributed by atoms with Crippen molar-refractivity contribution < 1.29 is 14.0 Å². The Morgan fingerprint density at radius 2 is 1.91 bits per heavy atom. The van der Waals surface area contributed by atoms with Crippen LogP contribution in [-0.2, 0) is 4.79 Å². The second-order valence-corrected chi connectivity index (χ2v) is 8.98. The van der Waals surface area contributed by atoms with Gasteiger partial charge in [0.05, 0.1) is 17.6 Å². The normalized spacial score (nSPS) is 13.0. The molecule has 2 N–H and O–H groups in total. The first kappa shape index (κ1) is 22.0. The van der Waals surface area contributed by atoms with Crippen molar-refractivity contribution in [2.45, 2.75) is 31.0 Å². The Balaban J connectivity index is 1.31. The highest BCUT2D eigenvalue weighted by molar-refractivity contribution is 7.99. The van der Waals surface area contributed by atoms with Gasteiger partial charge in [-0.1, -0.05) is 36.0 Å². The number of aromatic nitrogens is 3. The van der Waals surface area contributed by atoms with Crippen molar-refractivity contribution in [3.05, 3.63) is 78.3 Å². The summed E-state index contributed by atoms with van der Waals surface area (Å²) in [5.74, 6) is 1.20. The van der Waals surface area contributed by atoms with Crippen LogP contribution < -0.4 is 10.6 Å². The number of hydrogen-bond donors (Lipinski definition) is 2. The standard InChI is InChI=1S/C25H23N5O3S/c1-16-21(12-13-33-16)23-28-29-25(30(23)20-8-3-2-4-9-20)34-15-22(31)26-19-7-5-6-17(14-19)24(32)27-18-10-11-18/h2-9,12-14,18H,10-11,15H2,1H3,(H,26,31)(H,27,32). The Kier molecular flexibility index (Phi) is 6.18. The topological polar surface area (TPSA) is 102 Å². The number of hydrogen-bond acceptors (Lipinski definition) is 6. The average Bonchev–Trinajstić information content (AvgIpc) is 3.40. The zero-order chi connectivity index (χ0) is 23.5. The number of anilines is 1. The first-order valence-electron chi connectivity index (χ1n) is 11.0. The number of amides is 2. The van der Waals surface area contributed by atoms with Gasteiger partial charge in [-0.25, -0.2) is 0 Å². The molecule has 1 fully saturated rings. The van der Waals surface area contributed by atoms with Gasteiger partial charge in [0.25, 0.3) is 5.91 Å². The average molecular weight is 474 g/mol. The molecule has 0 aliphatic heterocycles. The zero-order valence-electron chi connectivity index (χ0n) is 18.5. The van der Waals surface area contributed by atoms with Gasteiger partial charge in [-0.05, 0) is 56.2 Å². The van der Waals surface area contributed by atoms with Gasteiger partial charge in [0.2, 0.25) is 5.91 Å².